The number of anilines is 1. The summed E-state index contributed by atoms with van der Waals surface area (Å²) in [7, 11) is 0. The topological polar surface area (TPSA) is 75.4 Å². The summed E-state index contributed by atoms with van der Waals surface area (Å²) in [6.45, 7) is 5.22. The summed E-state index contributed by atoms with van der Waals surface area (Å²) in [6.07, 6.45) is 1.79. The van der Waals surface area contributed by atoms with Gasteiger partial charge in [0.2, 0.25) is 5.91 Å². The molecule has 0 saturated carbocycles. The van der Waals surface area contributed by atoms with E-state index < -0.39 is 0 Å². The molecule has 3 rings (SSSR count). The van der Waals surface area contributed by atoms with Gasteiger partial charge in [0.05, 0.1) is 0 Å². The average molecular weight is 325 g/mol. The standard InChI is InChI=1S/C18H23N5O/c1-14(13-19)18(24)23-11-9-22(10-12-23)16-7-8-20-17(21-16)15-5-3-2-4-6-15/h2-8,14H,9-13,19H2,1H3. The van der Waals surface area contributed by atoms with Gasteiger partial charge in [0, 0.05) is 50.4 Å². The first-order chi connectivity index (χ1) is 11.7. The van der Waals surface area contributed by atoms with E-state index in [1.807, 2.05) is 48.2 Å². The molecule has 1 saturated heterocycles. The first kappa shape index (κ1) is 16.4. The van der Waals surface area contributed by atoms with Crippen LogP contribution in [0.3, 0.4) is 0 Å². The summed E-state index contributed by atoms with van der Waals surface area (Å²) in [5, 5.41) is 0. The lowest BCUT2D eigenvalue weighted by Gasteiger charge is -2.36. The highest BCUT2D eigenvalue weighted by Gasteiger charge is 2.24. The molecule has 6 heteroatoms. The number of rotatable bonds is 4. The maximum Gasteiger partial charge on any atom is 0.226 e. The fraction of sp³-hybridized carbons (Fsp3) is 0.389. The number of nitrogens with zero attached hydrogens (tertiary/aromatic N) is 4. The number of carbonyl (C=O) groups is 1. The number of hydrogen-bond acceptors (Lipinski definition) is 5. The summed E-state index contributed by atoms with van der Waals surface area (Å²) in [5.41, 5.74) is 6.60. The lowest BCUT2D eigenvalue weighted by atomic mass is 10.1. The SMILES string of the molecule is CC(CN)C(=O)N1CCN(c2ccnc(-c3ccccc3)n2)CC1. The molecule has 1 aliphatic heterocycles. The Morgan fingerprint density at radius 1 is 1.17 bits per heavy atom. The van der Waals surface area contributed by atoms with Crippen molar-refractivity contribution in [2.45, 2.75) is 6.92 Å². The van der Waals surface area contributed by atoms with Crippen LogP contribution in [0, 0.1) is 5.92 Å². The number of aromatic nitrogens is 2. The number of piperazine rings is 1. The van der Waals surface area contributed by atoms with Gasteiger partial charge in [0.15, 0.2) is 5.82 Å². The highest BCUT2D eigenvalue weighted by molar-refractivity contribution is 5.79. The molecule has 126 valence electrons. The molecule has 2 heterocycles. The van der Waals surface area contributed by atoms with Crippen LogP contribution in [0.25, 0.3) is 11.4 Å². The Morgan fingerprint density at radius 2 is 1.88 bits per heavy atom. The van der Waals surface area contributed by atoms with E-state index >= 15 is 0 Å². The van der Waals surface area contributed by atoms with Gasteiger partial charge < -0.3 is 15.5 Å². The van der Waals surface area contributed by atoms with E-state index in [0.717, 1.165) is 30.3 Å². The summed E-state index contributed by atoms with van der Waals surface area (Å²) in [6, 6.07) is 11.9. The Hall–Kier alpha value is -2.47. The van der Waals surface area contributed by atoms with E-state index in [2.05, 4.69) is 14.9 Å². The van der Waals surface area contributed by atoms with Crippen LogP contribution in [0.15, 0.2) is 42.6 Å². The van der Waals surface area contributed by atoms with Crippen molar-refractivity contribution in [2.24, 2.45) is 11.7 Å². The molecule has 0 aliphatic carbocycles. The van der Waals surface area contributed by atoms with E-state index in [-0.39, 0.29) is 11.8 Å². The second kappa shape index (κ2) is 7.40. The molecule has 2 aromatic rings. The maximum absolute atomic E-state index is 12.2. The molecular formula is C18H23N5O. The summed E-state index contributed by atoms with van der Waals surface area (Å²) in [5.74, 6) is 1.66. The lowest BCUT2D eigenvalue weighted by molar-refractivity contribution is -0.134. The van der Waals surface area contributed by atoms with E-state index in [9.17, 15) is 4.79 Å². The molecule has 0 bridgehead atoms. The van der Waals surface area contributed by atoms with Crippen molar-refractivity contribution in [1.29, 1.82) is 0 Å². The third kappa shape index (κ3) is 3.54. The monoisotopic (exact) mass is 325 g/mol. The normalized spacial score (nSPS) is 16.1. The van der Waals surface area contributed by atoms with Crippen molar-refractivity contribution in [3.8, 4) is 11.4 Å². The smallest absolute Gasteiger partial charge is 0.226 e. The average Bonchev–Trinajstić information content (AvgIpc) is 2.67. The van der Waals surface area contributed by atoms with Crippen LogP contribution in [-0.2, 0) is 4.79 Å². The Bertz CT molecular complexity index is 683. The predicted octanol–water partition coefficient (Wildman–Crippen LogP) is 1.39. The minimum atomic E-state index is -0.111. The van der Waals surface area contributed by atoms with Crippen LogP contribution in [-0.4, -0.2) is 53.5 Å². The minimum absolute atomic E-state index is 0.111. The van der Waals surface area contributed by atoms with Crippen LogP contribution in [0.4, 0.5) is 5.82 Å². The number of hydrogen-bond donors (Lipinski definition) is 1. The molecular weight excluding hydrogens is 302 g/mol. The first-order valence-electron chi connectivity index (χ1n) is 8.31. The van der Waals surface area contributed by atoms with Gasteiger partial charge in [0.25, 0.3) is 0 Å². The molecule has 1 aliphatic rings. The van der Waals surface area contributed by atoms with Gasteiger partial charge in [-0.2, -0.15) is 0 Å². The van der Waals surface area contributed by atoms with Gasteiger partial charge in [-0.25, -0.2) is 9.97 Å². The summed E-state index contributed by atoms with van der Waals surface area (Å²) < 4.78 is 0. The van der Waals surface area contributed by atoms with Crippen LogP contribution >= 0.6 is 0 Å². The van der Waals surface area contributed by atoms with Crippen molar-refractivity contribution in [1.82, 2.24) is 14.9 Å². The first-order valence-corrected chi connectivity index (χ1v) is 8.31. The van der Waals surface area contributed by atoms with Gasteiger partial charge >= 0.3 is 0 Å². The zero-order valence-corrected chi connectivity index (χ0v) is 13.9. The molecule has 1 unspecified atom stereocenters. The number of benzene rings is 1. The minimum Gasteiger partial charge on any atom is -0.353 e. The maximum atomic E-state index is 12.2. The molecule has 24 heavy (non-hydrogen) atoms. The quantitative estimate of drug-likeness (QED) is 0.919. The molecule has 1 aromatic heterocycles. The van der Waals surface area contributed by atoms with Crippen LogP contribution in [0.2, 0.25) is 0 Å². The van der Waals surface area contributed by atoms with Gasteiger partial charge in [-0.15, -0.1) is 0 Å². The second-order valence-electron chi connectivity index (χ2n) is 6.05. The molecule has 0 radical (unpaired) electrons. The van der Waals surface area contributed by atoms with E-state index in [4.69, 9.17) is 5.73 Å². The molecule has 6 nitrogen and oxygen atoms in total. The van der Waals surface area contributed by atoms with Gasteiger partial charge in [-0.05, 0) is 6.07 Å². The molecule has 0 spiro atoms. The molecule has 1 amide bonds. The molecule has 1 aromatic carbocycles. The predicted molar refractivity (Wildman–Crippen MR) is 94.5 cm³/mol. The Balaban J connectivity index is 1.68. The van der Waals surface area contributed by atoms with Crippen molar-refractivity contribution in [2.75, 3.05) is 37.6 Å². The Kier molecular flexibility index (Phi) is 5.05. The third-order valence-corrected chi connectivity index (χ3v) is 4.36. The van der Waals surface area contributed by atoms with Crippen molar-refractivity contribution in [3.63, 3.8) is 0 Å². The molecule has 2 N–H and O–H groups in total. The second-order valence-corrected chi connectivity index (χ2v) is 6.05. The highest BCUT2D eigenvalue weighted by Crippen LogP contribution is 2.19. The molecule has 1 fully saturated rings. The zero-order valence-electron chi connectivity index (χ0n) is 13.9. The van der Waals surface area contributed by atoms with Crippen LogP contribution < -0.4 is 10.6 Å². The highest BCUT2D eigenvalue weighted by atomic mass is 16.2. The largest absolute Gasteiger partial charge is 0.353 e. The number of nitrogens with two attached hydrogens (primary N) is 1. The van der Waals surface area contributed by atoms with Gasteiger partial charge in [0.1, 0.15) is 5.82 Å². The Morgan fingerprint density at radius 3 is 2.54 bits per heavy atom. The van der Waals surface area contributed by atoms with E-state index in [1.54, 1.807) is 6.20 Å². The van der Waals surface area contributed by atoms with E-state index in [0.29, 0.717) is 19.6 Å². The number of amides is 1. The van der Waals surface area contributed by atoms with Crippen LogP contribution in [0.1, 0.15) is 6.92 Å². The van der Waals surface area contributed by atoms with Crippen molar-refractivity contribution < 1.29 is 4.79 Å². The Labute approximate surface area is 142 Å². The van der Waals surface area contributed by atoms with Gasteiger partial charge in [-0.1, -0.05) is 37.3 Å². The molecule has 1 atom stereocenters. The zero-order chi connectivity index (χ0) is 16.9. The van der Waals surface area contributed by atoms with Crippen LogP contribution in [0.5, 0.6) is 0 Å². The number of carbonyl (C=O) groups excluding carboxylic acids is 1. The summed E-state index contributed by atoms with van der Waals surface area (Å²) >= 11 is 0. The fourth-order valence-corrected chi connectivity index (χ4v) is 2.82. The lowest BCUT2D eigenvalue weighted by Crippen LogP contribution is -2.51. The van der Waals surface area contributed by atoms with Gasteiger partial charge in [-0.3, -0.25) is 4.79 Å². The van der Waals surface area contributed by atoms with Crippen molar-refractivity contribution in [3.05, 3.63) is 42.6 Å². The third-order valence-electron chi connectivity index (χ3n) is 4.36. The fourth-order valence-electron chi connectivity index (χ4n) is 2.82. The van der Waals surface area contributed by atoms with E-state index in [1.165, 1.54) is 0 Å². The summed E-state index contributed by atoms with van der Waals surface area (Å²) in [4.78, 5) is 25.4. The van der Waals surface area contributed by atoms with Crippen molar-refractivity contribution >= 4 is 11.7 Å².